The number of anilines is 1. The third-order valence-corrected chi connectivity index (χ3v) is 4.30. The fraction of sp³-hybridized carbons (Fsp3) is 0.500. The van der Waals surface area contributed by atoms with Crippen LogP contribution in [0.2, 0.25) is 0 Å². The van der Waals surface area contributed by atoms with Crippen LogP contribution in [0.5, 0.6) is 0 Å². The molecular weight excluding hydrogens is 276 g/mol. The van der Waals surface area contributed by atoms with Crippen LogP contribution in [0, 0.1) is 0 Å². The zero-order valence-electron chi connectivity index (χ0n) is 11.0. The number of carbonyl (C=O) groups is 1. The van der Waals surface area contributed by atoms with Crippen LogP contribution in [0.3, 0.4) is 0 Å². The molecule has 2 aromatic heterocycles. The summed E-state index contributed by atoms with van der Waals surface area (Å²) in [6.45, 7) is 0.516. The first-order chi connectivity index (χ1) is 9.70. The number of nitrogens with zero attached hydrogens (tertiary/aromatic N) is 4. The monoisotopic (exact) mass is 292 g/mol. The molecule has 1 aliphatic rings. The first-order valence-electron chi connectivity index (χ1n) is 6.59. The Morgan fingerprint density at radius 1 is 1.60 bits per heavy atom. The van der Waals surface area contributed by atoms with Crippen LogP contribution in [0.15, 0.2) is 12.4 Å². The molecule has 0 bridgehead atoms. The van der Waals surface area contributed by atoms with Crippen molar-refractivity contribution in [3.8, 4) is 0 Å². The Morgan fingerprint density at radius 3 is 3.30 bits per heavy atom. The molecule has 2 heterocycles. The number of aryl methyl sites for hydroxylation is 2. The SMILES string of the molecule is N[C@H]1CCc2nc(NC(=O)CCn3ccnn3)sc2C1. The Kier molecular flexibility index (Phi) is 3.75. The van der Waals surface area contributed by atoms with Crippen molar-refractivity contribution in [1.29, 1.82) is 0 Å². The highest BCUT2D eigenvalue weighted by atomic mass is 32.1. The zero-order valence-corrected chi connectivity index (χ0v) is 11.8. The highest BCUT2D eigenvalue weighted by Gasteiger charge is 2.20. The van der Waals surface area contributed by atoms with E-state index in [4.69, 9.17) is 5.73 Å². The molecule has 3 N–H and O–H groups in total. The predicted molar refractivity (Wildman–Crippen MR) is 75.4 cm³/mol. The number of hydrogen-bond acceptors (Lipinski definition) is 6. The number of rotatable bonds is 4. The average Bonchev–Trinajstić information content (AvgIpc) is 3.04. The third kappa shape index (κ3) is 3.02. The normalized spacial score (nSPS) is 17.8. The molecule has 0 saturated heterocycles. The van der Waals surface area contributed by atoms with Gasteiger partial charge < -0.3 is 11.1 Å². The van der Waals surface area contributed by atoms with Crippen molar-refractivity contribution in [2.75, 3.05) is 5.32 Å². The van der Waals surface area contributed by atoms with Gasteiger partial charge in [-0.05, 0) is 19.3 Å². The van der Waals surface area contributed by atoms with E-state index in [1.807, 2.05) is 0 Å². The molecule has 20 heavy (non-hydrogen) atoms. The fourth-order valence-electron chi connectivity index (χ4n) is 2.20. The van der Waals surface area contributed by atoms with E-state index < -0.39 is 0 Å². The van der Waals surface area contributed by atoms with Gasteiger partial charge in [0.25, 0.3) is 0 Å². The molecule has 1 atom stereocenters. The van der Waals surface area contributed by atoms with Crippen LogP contribution >= 0.6 is 11.3 Å². The summed E-state index contributed by atoms with van der Waals surface area (Å²) < 4.78 is 1.63. The van der Waals surface area contributed by atoms with Crippen LogP contribution < -0.4 is 11.1 Å². The van der Waals surface area contributed by atoms with Crippen molar-refractivity contribution in [3.05, 3.63) is 23.0 Å². The molecule has 8 heteroatoms. The van der Waals surface area contributed by atoms with Gasteiger partial charge in [-0.15, -0.1) is 16.4 Å². The quantitative estimate of drug-likeness (QED) is 0.859. The second kappa shape index (κ2) is 5.68. The minimum atomic E-state index is -0.0594. The fourth-order valence-corrected chi connectivity index (χ4v) is 3.32. The summed E-state index contributed by atoms with van der Waals surface area (Å²) in [5.41, 5.74) is 7.02. The number of hydrogen-bond donors (Lipinski definition) is 2. The van der Waals surface area contributed by atoms with Crippen LogP contribution in [-0.2, 0) is 24.2 Å². The van der Waals surface area contributed by atoms with Crippen molar-refractivity contribution >= 4 is 22.4 Å². The number of nitrogens with one attached hydrogen (secondary N) is 1. The third-order valence-electron chi connectivity index (χ3n) is 3.26. The lowest BCUT2D eigenvalue weighted by Crippen LogP contribution is -2.27. The molecule has 1 amide bonds. The summed E-state index contributed by atoms with van der Waals surface area (Å²) in [4.78, 5) is 17.5. The molecule has 0 radical (unpaired) electrons. The van der Waals surface area contributed by atoms with Gasteiger partial charge in [0, 0.05) is 23.5 Å². The van der Waals surface area contributed by atoms with Gasteiger partial charge in [0.05, 0.1) is 18.4 Å². The van der Waals surface area contributed by atoms with Crippen LogP contribution in [-0.4, -0.2) is 31.9 Å². The number of thiazole rings is 1. The Hall–Kier alpha value is -1.80. The van der Waals surface area contributed by atoms with E-state index in [1.165, 1.54) is 16.2 Å². The first-order valence-corrected chi connectivity index (χ1v) is 7.40. The maximum atomic E-state index is 11.9. The first kappa shape index (κ1) is 13.2. The number of amides is 1. The molecule has 7 nitrogen and oxygen atoms in total. The summed E-state index contributed by atoms with van der Waals surface area (Å²) in [7, 11) is 0. The molecule has 0 aliphatic heterocycles. The molecule has 0 spiro atoms. The second-order valence-corrected chi connectivity index (χ2v) is 5.94. The van der Waals surface area contributed by atoms with Crippen LogP contribution in [0.1, 0.15) is 23.4 Å². The number of fused-ring (bicyclic) bond motifs is 1. The van der Waals surface area contributed by atoms with Gasteiger partial charge in [0.15, 0.2) is 5.13 Å². The Labute approximate surface area is 120 Å². The van der Waals surface area contributed by atoms with E-state index in [0.717, 1.165) is 25.0 Å². The molecule has 106 valence electrons. The van der Waals surface area contributed by atoms with Crippen molar-refractivity contribution in [3.63, 3.8) is 0 Å². The summed E-state index contributed by atoms with van der Waals surface area (Å²) >= 11 is 1.53. The highest BCUT2D eigenvalue weighted by Crippen LogP contribution is 2.29. The Balaban J connectivity index is 1.56. The van der Waals surface area contributed by atoms with Crippen molar-refractivity contribution < 1.29 is 4.79 Å². The topological polar surface area (TPSA) is 98.7 Å². The standard InChI is InChI=1S/C12H16N6OS/c13-8-1-2-9-10(7-8)20-12(15-9)16-11(19)3-5-18-6-4-14-17-18/h4,6,8H,1-3,5,7,13H2,(H,15,16,19)/t8-/m0/s1. The van der Waals surface area contributed by atoms with E-state index in [2.05, 4.69) is 20.6 Å². The molecule has 1 aliphatic carbocycles. The van der Waals surface area contributed by atoms with E-state index >= 15 is 0 Å². The number of nitrogens with two attached hydrogens (primary N) is 1. The highest BCUT2D eigenvalue weighted by molar-refractivity contribution is 7.15. The molecule has 0 fully saturated rings. The summed E-state index contributed by atoms with van der Waals surface area (Å²) in [5, 5.41) is 11.0. The van der Waals surface area contributed by atoms with E-state index in [-0.39, 0.29) is 11.9 Å². The lowest BCUT2D eigenvalue weighted by Gasteiger charge is -2.15. The maximum Gasteiger partial charge on any atom is 0.228 e. The van der Waals surface area contributed by atoms with Crippen LogP contribution in [0.25, 0.3) is 0 Å². The lowest BCUT2D eigenvalue weighted by atomic mass is 9.99. The Morgan fingerprint density at radius 2 is 2.50 bits per heavy atom. The smallest absolute Gasteiger partial charge is 0.228 e. The minimum Gasteiger partial charge on any atom is -0.327 e. The van der Waals surface area contributed by atoms with E-state index in [9.17, 15) is 4.79 Å². The summed E-state index contributed by atoms with van der Waals surface area (Å²) in [6.07, 6.45) is 6.42. The molecule has 0 unspecified atom stereocenters. The predicted octanol–water partition coefficient (Wildman–Crippen LogP) is 0.579. The average molecular weight is 292 g/mol. The molecule has 3 rings (SSSR count). The van der Waals surface area contributed by atoms with Crippen molar-refractivity contribution in [2.45, 2.75) is 38.3 Å². The summed E-state index contributed by atoms with van der Waals surface area (Å²) in [6, 6.07) is 0.221. The van der Waals surface area contributed by atoms with Gasteiger partial charge in [-0.3, -0.25) is 9.48 Å². The van der Waals surface area contributed by atoms with Gasteiger partial charge in [-0.2, -0.15) is 0 Å². The van der Waals surface area contributed by atoms with Gasteiger partial charge in [-0.1, -0.05) is 5.21 Å². The minimum absolute atomic E-state index is 0.0594. The zero-order chi connectivity index (χ0) is 13.9. The molecular formula is C12H16N6OS. The molecule has 2 aromatic rings. The van der Waals surface area contributed by atoms with Crippen LogP contribution in [0.4, 0.5) is 5.13 Å². The van der Waals surface area contributed by atoms with Crippen molar-refractivity contribution in [1.82, 2.24) is 20.0 Å². The Bertz CT molecular complexity index is 593. The molecule has 0 saturated carbocycles. The number of carbonyl (C=O) groups excluding carboxylic acids is 1. The van der Waals surface area contributed by atoms with Gasteiger partial charge >= 0.3 is 0 Å². The second-order valence-electron chi connectivity index (χ2n) is 4.86. The van der Waals surface area contributed by atoms with Gasteiger partial charge in [0.1, 0.15) is 0 Å². The summed E-state index contributed by atoms with van der Waals surface area (Å²) in [5.74, 6) is -0.0594. The largest absolute Gasteiger partial charge is 0.327 e. The lowest BCUT2D eigenvalue weighted by molar-refractivity contribution is -0.116. The van der Waals surface area contributed by atoms with Gasteiger partial charge in [-0.25, -0.2) is 4.98 Å². The van der Waals surface area contributed by atoms with E-state index in [1.54, 1.807) is 17.1 Å². The van der Waals surface area contributed by atoms with Crippen molar-refractivity contribution in [2.24, 2.45) is 5.73 Å². The van der Waals surface area contributed by atoms with E-state index in [0.29, 0.717) is 18.1 Å². The van der Waals surface area contributed by atoms with Gasteiger partial charge in [0.2, 0.25) is 5.91 Å². The molecule has 0 aromatic carbocycles. The maximum absolute atomic E-state index is 11.9. The number of aromatic nitrogens is 4.